The van der Waals surface area contributed by atoms with Crippen molar-refractivity contribution in [2.24, 2.45) is 0 Å². The molecule has 0 spiro atoms. The third-order valence-electron chi connectivity index (χ3n) is 3.88. The van der Waals surface area contributed by atoms with Crippen LogP contribution < -0.4 is 14.8 Å². The van der Waals surface area contributed by atoms with E-state index in [9.17, 15) is 13.2 Å². The van der Waals surface area contributed by atoms with Gasteiger partial charge in [-0.2, -0.15) is 0 Å². The van der Waals surface area contributed by atoms with Gasteiger partial charge in [-0.05, 0) is 44.2 Å². The maximum absolute atomic E-state index is 12.8. The lowest BCUT2D eigenvalue weighted by atomic mass is 10.2. The van der Waals surface area contributed by atoms with E-state index in [2.05, 4.69) is 5.32 Å². The Bertz CT molecular complexity index is 981. The number of anilines is 1. The molecule has 1 N–H and O–H groups in total. The van der Waals surface area contributed by atoms with Gasteiger partial charge in [0.15, 0.2) is 0 Å². The number of hydroxylamine groups is 1. The Balaban J connectivity index is 2.39. The highest BCUT2D eigenvalue weighted by atomic mass is 35.5. The summed E-state index contributed by atoms with van der Waals surface area (Å²) in [6, 6.07) is 9.02. The summed E-state index contributed by atoms with van der Waals surface area (Å²) in [6.45, 7) is 4.54. The number of amides is 1. The molecule has 0 heterocycles. The predicted molar refractivity (Wildman–Crippen MR) is 110 cm³/mol. The Kier molecular flexibility index (Phi) is 7.86. The Morgan fingerprint density at radius 2 is 1.79 bits per heavy atom. The largest absolute Gasteiger partial charge is 0.494 e. The molecule has 2 aromatic rings. The summed E-state index contributed by atoms with van der Waals surface area (Å²) < 4.78 is 36.7. The lowest BCUT2D eigenvalue weighted by Gasteiger charge is -2.16. The molecular weight excluding hydrogens is 420 g/mol. The summed E-state index contributed by atoms with van der Waals surface area (Å²) in [7, 11) is -1.59. The van der Waals surface area contributed by atoms with Crippen molar-refractivity contribution in [3.63, 3.8) is 0 Å². The van der Waals surface area contributed by atoms with Gasteiger partial charge in [-0.25, -0.2) is 8.42 Å². The van der Waals surface area contributed by atoms with E-state index in [0.29, 0.717) is 34.9 Å². The van der Waals surface area contributed by atoms with Crippen molar-refractivity contribution in [1.82, 2.24) is 4.47 Å². The molecule has 2 aromatic carbocycles. The summed E-state index contributed by atoms with van der Waals surface area (Å²) >= 11 is 6.04. The topological polar surface area (TPSA) is 94.2 Å². The molecule has 10 heteroatoms. The lowest BCUT2D eigenvalue weighted by molar-refractivity contribution is -0.0258. The number of benzene rings is 2. The molecule has 0 bridgehead atoms. The maximum Gasteiger partial charge on any atom is 0.266 e. The number of halogens is 1. The van der Waals surface area contributed by atoms with E-state index in [1.807, 2.05) is 13.8 Å². The average molecular weight is 443 g/mol. The first-order chi connectivity index (χ1) is 13.7. The van der Waals surface area contributed by atoms with Crippen LogP contribution in [0.15, 0.2) is 41.3 Å². The van der Waals surface area contributed by atoms with Gasteiger partial charge in [0.05, 0.1) is 31.0 Å². The number of hydrogen-bond acceptors (Lipinski definition) is 6. The monoisotopic (exact) mass is 442 g/mol. The molecule has 0 fully saturated rings. The summed E-state index contributed by atoms with van der Waals surface area (Å²) in [4.78, 5) is 17.3. The number of carbonyl (C=O) groups excluding carboxylic acids is 1. The normalized spacial score (nSPS) is 11.4. The van der Waals surface area contributed by atoms with Crippen molar-refractivity contribution in [1.29, 1.82) is 0 Å². The molecule has 0 atom stereocenters. The van der Waals surface area contributed by atoms with E-state index in [0.717, 1.165) is 0 Å². The van der Waals surface area contributed by atoms with Gasteiger partial charge >= 0.3 is 0 Å². The third-order valence-corrected chi connectivity index (χ3v) is 6.04. The number of sulfonamides is 1. The van der Waals surface area contributed by atoms with Crippen molar-refractivity contribution in [2.45, 2.75) is 18.7 Å². The van der Waals surface area contributed by atoms with Crippen LogP contribution in [0.4, 0.5) is 5.69 Å². The highest BCUT2D eigenvalue weighted by molar-refractivity contribution is 7.89. The molecule has 0 radical (unpaired) electrons. The van der Waals surface area contributed by atoms with Crippen molar-refractivity contribution in [3.8, 4) is 11.5 Å². The number of carbonyl (C=O) groups is 1. The fraction of sp³-hybridized carbons (Fsp3) is 0.316. The Labute approximate surface area is 175 Å². The second kappa shape index (κ2) is 9.93. The molecule has 158 valence electrons. The van der Waals surface area contributed by atoms with Gasteiger partial charge in [0.1, 0.15) is 16.4 Å². The van der Waals surface area contributed by atoms with Crippen LogP contribution in [0, 0.1) is 0 Å². The zero-order valence-corrected chi connectivity index (χ0v) is 18.1. The first kappa shape index (κ1) is 23.0. The van der Waals surface area contributed by atoms with Crippen molar-refractivity contribution >= 4 is 33.2 Å². The van der Waals surface area contributed by atoms with Crippen LogP contribution in [-0.4, -0.2) is 46.2 Å². The molecule has 0 unspecified atom stereocenters. The molecule has 0 aliphatic heterocycles. The van der Waals surface area contributed by atoms with Gasteiger partial charge in [-0.3, -0.25) is 9.63 Å². The maximum atomic E-state index is 12.8. The lowest BCUT2D eigenvalue weighted by Crippen LogP contribution is -2.26. The number of nitrogens with zero attached hydrogens (tertiary/aromatic N) is 1. The molecule has 0 saturated carbocycles. The van der Waals surface area contributed by atoms with Crippen molar-refractivity contribution in [3.05, 3.63) is 47.0 Å². The van der Waals surface area contributed by atoms with Crippen LogP contribution in [0.25, 0.3) is 0 Å². The van der Waals surface area contributed by atoms with E-state index in [4.69, 9.17) is 25.9 Å². The van der Waals surface area contributed by atoms with Gasteiger partial charge in [-0.1, -0.05) is 16.1 Å². The molecule has 1 amide bonds. The number of hydrogen-bond donors (Lipinski definition) is 1. The van der Waals surface area contributed by atoms with Crippen LogP contribution in [0.1, 0.15) is 24.2 Å². The van der Waals surface area contributed by atoms with E-state index in [-0.39, 0.29) is 15.5 Å². The first-order valence-electron chi connectivity index (χ1n) is 8.78. The molecule has 0 aromatic heterocycles. The standard InChI is InChI=1S/C19H23ClN2O6S/c1-5-27-14-8-10-17(28-6-2)16(12-14)21-19(23)13-7-9-15(20)18(11-13)29(24,25)22(3)26-4/h7-12H,5-6H2,1-4H3,(H,21,23). The van der Waals surface area contributed by atoms with Gasteiger partial charge in [0, 0.05) is 18.7 Å². The third kappa shape index (κ3) is 5.39. The van der Waals surface area contributed by atoms with E-state index in [1.165, 1.54) is 32.4 Å². The van der Waals surface area contributed by atoms with E-state index >= 15 is 0 Å². The van der Waals surface area contributed by atoms with Crippen molar-refractivity contribution in [2.75, 3.05) is 32.7 Å². The second-order valence-corrected chi connectivity index (χ2v) is 8.03. The zero-order chi connectivity index (χ0) is 21.6. The quantitative estimate of drug-likeness (QED) is 0.596. The summed E-state index contributed by atoms with van der Waals surface area (Å²) in [6.07, 6.45) is 0. The molecular formula is C19H23ClN2O6S. The highest BCUT2D eigenvalue weighted by Gasteiger charge is 2.25. The first-order valence-corrected chi connectivity index (χ1v) is 10.6. The van der Waals surface area contributed by atoms with Gasteiger partial charge < -0.3 is 14.8 Å². The minimum atomic E-state index is -4.02. The SMILES string of the molecule is CCOc1ccc(OCC)c(NC(=O)c2ccc(Cl)c(S(=O)(=O)N(C)OC)c2)c1. The van der Waals surface area contributed by atoms with E-state index in [1.54, 1.807) is 18.2 Å². The Morgan fingerprint density at radius 1 is 1.10 bits per heavy atom. The molecule has 0 saturated heterocycles. The summed E-state index contributed by atoms with van der Waals surface area (Å²) in [5, 5.41) is 2.70. The molecule has 0 aliphatic carbocycles. The predicted octanol–water partition coefficient (Wildman–Crippen LogP) is 3.57. The van der Waals surface area contributed by atoms with Crippen LogP contribution in [0.3, 0.4) is 0 Å². The number of nitrogens with one attached hydrogen (secondary N) is 1. The van der Waals surface area contributed by atoms with E-state index < -0.39 is 15.9 Å². The molecule has 0 aliphatic rings. The molecule has 29 heavy (non-hydrogen) atoms. The highest BCUT2D eigenvalue weighted by Crippen LogP contribution is 2.31. The van der Waals surface area contributed by atoms with Crippen molar-refractivity contribution < 1.29 is 27.5 Å². The fourth-order valence-corrected chi connectivity index (χ4v) is 3.89. The summed E-state index contributed by atoms with van der Waals surface area (Å²) in [5.41, 5.74) is 0.498. The van der Waals surface area contributed by atoms with Crippen LogP contribution in [0.2, 0.25) is 5.02 Å². The molecule has 2 rings (SSSR count). The van der Waals surface area contributed by atoms with Gasteiger partial charge in [0.2, 0.25) is 0 Å². The fourth-order valence-electron chi connectivity index (χ4n) is 2.42. The zero-order valence-electron chi connectivity index (χ0n) is 16.6. The van der Waals surface area contributed by atoms with Crippen LogP contribution in [0.5, 0.6) is 11.5 Å². The average Bonchev–Trinajstić information content (AvgIpc) is 2.69. The van der Waals surface area contributed by atoms with Gasteiger partial charge in [-0.15, -0.1) is 0 Å². The Hall–Kier alpha value is -2.33. The minimum absolute atomic E-state index is 0.0289. The second-order valence-electron chi connectivity index (χ2n) is 5.72. The number of rotatable bonds is 9. The smallest absolute Gasteiger partial charge is 0.266 e. The number of ether oxygens (including phenoxy) is 2. The minimum Gasteiger partial charge on any atom is -0.494 e. The Morgan fingerprint density at radius 3 is 2.41 bits per heavy atom. The molecule has 8 nitrogen and oxygen atoms in total. The summed E-state index contributed by atoms with van der Waals surface area (Å²) in [5.74, 6) is 0.491. The van der Waals surface area contributed by atoms with Crippen LogP contribution in [-0.2, 0) is 14.9 Å². The van der Waals surface area contributed by atoms with Gasteiger partial charge in [0.25, 0.3) is 15.9 Å². The van der Waals surface area contributed by atoms with Crippen LogP contribution >= 0.6 is 11.6 Å².